The first-order chi connectivity index (χ1) is 13.4. The molecule has 154 valence electrons. The van der Waals surface area contributed by atoms with E-state index < -0.39 is 5.69 Å². The minimum Gasteiger partial charge on any atom is -0.368 e. The van der Waals surface area contributed by atoms with E-state index in [4.69, 9.17) is 4.74 Å². The number of piperidine rings is 1. The lowest BCUT2D eigenvalue weighted by Gasteiger charge is -2.32. The number of hydrogen-bond acceptors (Lipinski definition) is 5. The monoisotopic (exact) mass is 390 g/mol. The minimum absolute atomic E-state index is 0.0265. The zero-order chi connectivity index (χ0) is 20.1. The summed E-state index contributed by atoms with van der Waals surface area (Å²) in [6, 6.07) is 1.69. The number of hydrogen-bond donors (Lipinski definition) is 2. The van der Waals surface area contributed by atoms with Crippen molar-refractivity contribution in [2.45, 2.75) is 52.1 Å². The smallest absolute Gasteiger partial charge is 0.345 e. The number of carbonyl (C=O) groups is 2. The third-order valence-electron chi connectivity index (χ3n) is 5.34. The normalized spacial score (nSPS) is 20.5. The third-order valence-corrected chi connectivity index (χ3v) is 5.34. The van der Waals surface area contributed by atoms with Gasteiger partial charge in [-0.15, -0.1) is 0 Å². The lowest BCUT2D eigenvalue weighted by molar-refractivity contribution is -0.130. The second-order valence-corrected chi connectivity index (χ2v) is 8.18. The van der Waals surface area contributed by atoms with Crippen molar-refractivity contribution in [2.24, 2.45) is 11.8 Å². The summed E-state index contributed by atoms with van der Waals surface area (Å²) in [5.74, 6) is 0.499. The molecule has 1 atom stereocenters. The van der Waals surface area contributed by atoms with Gasteiger partial charge < -0.3 is 19.9 Å². The average molecular weight is 390 g/mol. The predicted molar refractivity (Wildman–Crippen MR) is 104 cm³/mol. The molecule has 0 spiro atoms. The Morgan fingerprint density at radius 2 is 2.07 bits per heavy atom. The van der Waals surface area contributed by atoms with Crippen LogP contribution in [0.1, 0.15) is 55.7 Å². The molecule has 0 aliphatic carbocycles. The van der Waals surface area contributed by atoms with E-state index in [9.17, 15) is 14.4 Å². The Morgan fingerprint density at radius 3 is 2.71 bits per heavy atom. The van der Waals surface area contributed by atoms with Crippen LogP contribution in [0.5, 0.6) is 0 Å². The fraction of sp³-hybridized carbons (Fsp3) is 0.700. The van der Waals surface area contributed by atoms with Crippen molar-refractivity contribution in [1.82, 2.24) is 20.2 Å². The summed E-state index contributed by atoms with van der Waals surface area (Å²) in [5, 5.41) is 2.98. The highest BCUT2D eigenvalue weighted by Crippen LogP contribution is 2.19. The largest absolute Gasteiger partial charge is 0.368 e. The fourth-order valence-corrected chi connectivity index (χ4v) is 3.81. The predicted octanol–water partition coefficient (Wildman–Crippen LogP) is 1.12. The summed E-state index contributed by atoms with van der Waals surface area (Å²) in [6.07, 6.45) is 3.77. The molecule has 0 radical (unpaired) electrons. The molecule has 2 N–H and O–H groups in total. The summed E-state index contributed by atoms with van der Waals surface area (Å²) in [6.45, 7) is 6.60. The standard InChI is InChI=1S/C20H30N4O4/c1-13(2)10-15-11-16(23-20(27)22-15)19(26)24-7-5-14(6-8-24)12-21-18(25)17-4-3-9-28-17/h11,13-14,17H,3-10,12H2,1-2H3,(H,21,25)(H,22,23,27)/t17-/m1/s1. The maximum absolute atomic E-state index is 12.8. The summed E-state index contributed by atoms with van der Waals surface area (Å²) >= 11 is 0. The lowest BCUT2D eigenvalue weighted by atomic mass is 9.96. The SMILES string of the molecule is CC(C)Cc1cc(C(=O)N2CCC(CNC(=O)[C@H]3CCCO3)CC2)nc(=O)[nH]1. The maximum atomic E-state index is 12.8. The Hall–Kier alpha value is -2.22. The highest BCUT2D eigenvalue weighted by atomic mass is 16.5. The van der Waals surface area contributed by atoms with Crippen molar-refractivity contribution in [1.29, 1.82) is 0 Å². The number of H-pyrrole nitrogens is 1. The van der Waals surface area contributed by atoms with Gasteiger partial charge in [-0.3, -0.25) is 9.59 Å². The number of nitrogens with zero attached hydrogens (tertiary/aromatic N) is 2. The van der Waals surface area contributed by atoms with Gasteiger partial charge in [0.2, 0.25) is 5.91 Å². The van der Waals surface area contributed by atoms with Crippen molar-refractivity contribution in [3.63, 3.8) is 0 Å². The molecule has 28 heavy (non-hydrogen) atoms. The topological polar surface area (TPSA) is 104 Å². The summed E-state index contributed by atoms with van der Waals surface area (Å²) in [5.41, 5.74) is 0.475. The van der Waals surface area contributed by atoms with Crippen molar-refractivity contribution >= 4 is 11.8 Å². The van der Waals surface area contributed by atoms with E-state index in [1.165, 1.54) is 0 Å². The van der Waals surface area contributed by atoms with E-state index in [2.05, 4.69) is 29.1 Å². The molecule has 8 nitrogen and oxygen atoms in total. The van der Waals surface area contributed by atoms with Crippen LogP contribution in [0.4, 0.5) is 0 Å². The average Bonchev–Trinajstić information content (AvgIpc) is 3.20. The van der Waals surface area contributed by atoms with Crippen LogP contribution < -0.4 is 11.0 Å². The number of aromatic amines is 1. The Labute approximate surface area is 165 Å². The van der Waals surface area contributed by atoms with E-state index in [0.717, 1.165) is 31.4 Å². The summed E-state index contributed by atoms with van der Waals surface area (Å²) in [4.78, 5) is 44.9. The molecule has 0 aromatic carbocycles. The molecule has 2 aliphatic rings. The number of likely N-dealkylation sites (tertiary alicyclic amines) is 1. The number of nitrogens with one attached hydrogen (secondary N) is 2. The number of ether oxygens (including phenoxy) is 1. The molecular formula is C20H30N4O4. The highest BCUT2D eigenvalue weighted by Gasteiger charge is 2.27. The molecular weight excluding hydrogens is 360 g/mol. The molecule has 0 saturated carbocycles. The van der Waals surface area contributed by atoms with Crippen LogP contribution in [0.25, 0.3) is 0 Å². The van der Waals surface area contributed by atoms with E-state index in [1.807, 2.05) is 0 Å². The van der Waals surface area contributed by atoms with Gasteiger partial charge in [0.05, 0.1) is 0 Å². The van der Waals surface area contributed by atoms with Gasteiger partial charge in [-0.2, -0.15) is 4.98 Å². The number of aromatic nitrogens is 2. The number of amides is 2. The second-order valence-electron chi connectivity index (χ2n) is 8.18. The van der Waals surface area contributed by atoms with E-state index >= 15 is 0 Å². The zero-order valence-corrected chi connectivity index (χ0v) is 16.7. The highest BCUT2D eigenvalue weighted by molar-refractivity contribution is 5.92. The lowest BCUT2D eigenvalue weighted by Crippen LogP contribution is -2.43. The van der Waals surface area contributed by atoms with Gasteiger partial charge in [0.1, 0.15) is 11.8 Å². The second kappa shape index (κ2) is 9.32. The third kappa shape index (κ3) is 5.41. The van der Waals surface area contributed by atoms with Crippen LogP contribution in [0.2, 0.25) is 0 Å². The maximum Gasteiger partial charge on any atom is 0.345 e. The van der Waals surface area contributed by atoms with E-state index in [0.29, 0.717) is 44.5 Å². The number of rotatable bonds is 6. The molecule has 8 heteroatoms. The Balaban J connectivity index is 1.50. The molecule has 0 bridgehead atoms. The van der Waals surface area contributed by atoms with E-state index in [-0.39, 0.29) is 23.6 Å². The Morgan fingerprint density at radius 1 is 1.32 bits per heavy atom. The Bertz CT molecular complexity index is 747. The molecule has 1 aromatic rings. The quantitative estimate of drug-likeness (QED) is 0.757. The van der Waals surface area contributed by atoms with Gasteiger partial charge in [0, 0.05) is 31.9 Å². The van der Waals surface area contributed by atoms with Crippen LogP contribution in [-0.2, 0) is 16.0 Å². The summed E-state index contributed by atoms with van der Waals surface area (Å²) in [7, 11) is 0. The first kappa shape index (κ1) is 20.5. The van der Waals surface area contributed by atoms with Gasteiger partial charge in [0.25, 0.3) is 5.91 Å². The first-order valence-corrected chi connectivity index (χ1v) is 10.2. The van der Waals surface area contributed by atoms with Crippen LogP contribution in [-0.4, -0.2) is 59.0 Å². The van der Waals surface area contributed by atoms with Crippen LogP contribution in [0, 0.1) is 11.8 Å². The fourth-order valence-electron chi connectivity index (χ4n) is 3.81. The van der Waals surface area contributed by atoms with Crippen LogP contribution in [0.3, 0.4) is 0 Å². The van der Waals surface area contributed by atoms with Crippen LogP contribution in [0.15, 0.2) is 10.9 Å². The summed E-state index contributed by atoms with van der Waals surface area (Å²) < 4.78 is 5.40. The van der Waals surface area contributed by atoms with Gasteiger partial charge >= 0.3 is 5.69 Å². The van der Waals surface area contributed by atoms with Gasteiger partial charge in [-0.1, -0.05) is 13.8 Å². The van der Waals surface area contributed by atoms with Crippen molar-refractivity contribution in [3.8, 4) is 0 Å². The first-order valence-electron chi connectivity index (χ1n) is 10.2. The van der Waals surface area contributed by atoms with E-state index in [1.54, 1.807) is 11.0 Å². The zero-order valence-electron chi connectivity index (χ0n) is 16.7. The van der Waals surface area contributed by atoms with Gasteiger partial charge in [-0.05, 0) is 50.0 Å². The molecule has 0 unspecified atom stereocenters. The van der Waals surface area contributed by atoms with Crippen molar-refractivity contribution in [3.05, 3.63) is 27.9 Å². The Kier molecular flexibility index (Phi) is 6.83. The molecule has 2 fully saturated rings. The van der Waals surface area contributed by atoms with Gasteiger partial charge in [0.15, 0.2) is 0 Å². The molecule has 2 aliphatic heterocycles. The minimum atomic E-state index is -0.478. The molecule has 3 heterocycles. The molecule has 2 amide bonds. The number of carbonyl (C=O) groups excluding carboxylic acids is 2. The van der Waals surface area contributed by atoms with Crippen molar-refractivity contribution in [2.75, 3.05) is 26.2 Å². The molecule has 1 aromatic heterocycles. The van der Waals surface area contributed by atoms with Gasteiger partial charge in [-0.25, -0.2) is 4.79 Å². The molecule has 2 saturated heterocycles. The van der Waals surface area contributed by atoms with Crippen LogP contribution >= 0.6 is 0 Å². The van der Waals surface area contributed by atoms with Crippen molar-refractivity contribution < 1.29 is 14.3 Å². The molecule has 3 rings (SSSR count).